The first kappa shape index (κ1) is 46.2. The van der Waals surface area contributed by atoms with E-state index in [9.17, 15) is 14.4 Å². The molecule has 4 rings (SSSR count). The standard InChI is InChI=1S/C47H83N3O6/c1-33(2)18-16-19-34(3)38-22-23-39-37-21-20-35-32-36(24-26-46(35,10)40(37)25-27-47(38,39)11)54-43(53)50(31-17-29-49-42(52)56-45(7,8)9)30-15-13-12-14-28-48-41(51)55-44(4,5)6/h20,33-34,36-40H,12-19,21-32H2,1-11H3,(H,48,51)(H,49,52)/t34-,36+,37+,38-,39+,40+,46+,47-/m1/s1. The summed E-state index contributed by atoms with van der Waals surface area (Å²) in [7, 11) is 0. The van der Waals surface area contributed by atoms with Crippen LogP contribution in [-0.4, -0.2) is 66.7 Å². The van der Waals surface area contributed by atoms with Gasteiger partial charge in [-0.1, -0.05) is 78.4 Å². The molecule has 3 fully saturated rings. The zero-order valence-electron chi connectivity index (χ0n) is 37.7. The van der Waals surface area contributed by atoms with E-state index in [4.69, 9.17) is 14.2 Å². The number of ether oxygens (including phenoxy) is 3. The lowest BCUT2D eigenvalue weighted by atomic mass is 9.47. The zero-order chi connectivity index (χ0) is 41.3. The number of hydrogen-bond acceptors (Lipinski definition) is 6. The first-order valence-electron chi connectivity index (χ1n) is 22.8. The SMILES string of the molecule is CC(C)CCC[C@@H](C)[C@H]1CC[C@H]2[C@@H]3CC=C4C[C@@H](OC(=O)N(CCCCCCNC(=O)OC(C)(C)C)CCCNC(=O)OC(C)(C)C)CC[C@]4(C)[C@H]3CC[C@]12C. The van der Waals surface area contributed by atoms with Gasteiger partial charge in [0.1, 0.15) is 17.3 Å². The maximum absolute atomic E-state index is 13.8. The van der Waals surface area contributed by atoms with Crippen LogP contribution in [0, 0.1) is 46.3 Å². The number of allylic oxidation sites excluding steroid dienone is 1. The van der Waals surface area contributed by atoms with Gasteiger partial charge in [0, 0.05) is 32.6 Å². The molecule has 8 atom stereocenters. The monoisotopic (exact) mass is 786 g/mol. The lowest BCUT2D eigenvalue weighted by Gasteiger charge is -2.58. The molecule has 0 bridgehead atoms. The van der Waals surface area contributed by atoms with Crippen LogP contribution >= 0.6 is 0 Å². The van der Waals surface area contributed by atoms with Crippen LogP contribution in [0.15, 0.2) is 11.6 Å². The third-order valence-electron chi connectivity index (χ3n) is 14.1. The van der Waals surface area contributed by atoms with E-state index < -0.39 is 17.3 Å². The molecule has 9 nitrogen and oxygen atoms in total. The first-order valence-corrected chi connectivity index (χ1v) is 22.8. The Kier molecular flexibility index (Phi) is 16.5. The highest BCUT2D eigenvalue weighted by Crippen LogP contribution is 2.67. The second-order valence-corrected chi connectivity index (χ2v) is 21.2. The summed E-state index contributed by atoms with van der Waals surface area (Å²) in [6.07, 6.45) is 19.3. The van der Waals surface area contributed by atoms with Crippen molar-refractivity contribution in [3.63, 3.8) is 0 Å². The fourth-order valence-corrected chi connectivity index (χ4v) is 11.3. The Morgan fingerprint density at radius 2 is 1.39 bits per heavy atom. The van der Waals surface area contributed by atoms with Gasteiger partial charge in [-0.05, 0) is 152 Å². The average Bonchev–Trinajstić information content (AvgIpc) is 3.44. The fourth-order valence-electron chi connectivity index (χ4n) is 11.3. The summed E-state index contributed by atoms with van der Waals surface area (Å²) in [6, 6.07) is 0. The number of rotatable bonds is 17. The van der Waals surface area contributed by atoms with Crippen molar-refractivity contribution in [3.8, 4) is 0 Å². The minimum absolute atomic E-state index is 0.101. The quantitative estimate of drug-likeness (QED) is 0.0864. The van der Waals surface area contributed by atoms with Crippen LogP contribution in [0.2, 0.25) is 0 Å². The molecular formula is C47H83N3O6. The topological polar surface area (TPSA) is 106 Å². The molecule has 0 unspecified atom stereocenters. The molecule has 0 aromatic carbocycles. The molecule has 0 aromatic heterocycles. The molecule has 0 aromatic rings. The summed E-state index contributed by atoms with van der Waals surface area (Å²) < 4.78 is 17.1. The summed E-state index contributed by atoms with van der Waals surface area (Å²) in [5.74, 6) is 4.85. The van der Waals surface area contributed by atoms with Gasteiger partial charge in [-0.2, -0.15) is 0 Å². The highest BCUT2D eigenvalue weighted by Gasteiger charge is 2.59. The van der Waals surface area contributed by atoms with E-state index in [1.165, 1.54) is 56.9 Å². The Bertz CT molecular complexity index is 1320. The number of amides is 3. The van der Waals surface area contributed by atoms with Crippen LogP contribution in [0.25, 0.3) is 0 Å². The number of hydrogen-bond donors (Lipinski definition) is 2. The van der Waals surface area contributed by atoms with Gasteiger partial charge in [-0.15, -0.1) is 0 Å². The van der Waals surface area contributed by atoms with Crippen LogP contribution in [0.1, 0.15) is 179 Å². The fraction of sp³-hybridized carbons (Fsp3) is 0.894. The third-order valence-corrected chi connectivity index (χ3v) is 14.1. The lowest BCUT2D eigenvalue weighted by molar-refractivity contribution is -0.0593. The third kappa shape index (κ3) is 13.0. The van der Waals surface area contributed by atoms with Crippen LogP contribution in [0.3, 0.4) is 0 Å². The highest BCUT2D eigenvalue weighted by atomic mass is 16.6. The summed E-state index contributed by atoms with van der Waals surface area (Å²) >= 11 is 0. The van der Waals surface area contributed by atoms with Crippen molar-refractivity contribution in [2.45, 2.75) is 196 Å². The number of nitrogens with one attached hydrogen (secondary N) is 2. The van der Waals surface area contributed by atoms with Gasteiger partial charge < -0.3 is 29.7 Å². The van der Waals surface area contributed by atoms with E-state index in [1.807, 2.05) is 46.4 Å². The summed E-state index contributed by atoms with van der Waals surface area (Å²) in [6.45, 7) is 25.7. The summed E-state index contributed by atoms with van der Waals surface area (Å²) in [4.78, 5) is 39.8. The van der Waals surface area contributed by atoms with Gasteiger partial charge in [0.25, 0.3) is 0 Å². The molecule has 0 spiro atoms. The van der Waals surface area contributed by atoms with Crippen molar-refractivity contribution in [1.82, 2.24) is 15.5 Å². The predicted molar refractivity (Wildman–Crippen MR) is 226 cm³/mol. The van der Waals surface area contributed by atoms with Gasteiger partial charge in [0.2, 0.25) is 0 Å². The lowest BCUT2D eigenvalue weighted by Crippen LogP contribution is -2.51. The number of unbranched alkanes of at least 4 members (excludes halogenated alkanes) is 3. The first-order chi connectivity index (χ1) is 26.2. The molecule has 322 valence electrons. The van der Waals surface area contributed by atoms with Crippen molar-refractivity contribution in [2.75, 3.05) is 26.2 Å². The number of carbonyl (C=O) groups excluding carboxylic acids is 3. The summed E-state index contributed by atoms with van der Waals surface area (Å²) in [5.41, 5.74) is 1.16. The number of fused-ring (bicyclic) bond motifs is 5. The van der Waals surface area contributed by atoms with Crippen molar-refractivity contribution < 1.29 is 28.6 Å². The second-order valence-electron chi connectivity index (χ2n) is 21.2. The zero-order valence-corrected chi connectivity index (χ0v) is 37.7. The summed E-state index contributed by atoms with van der Waals surface area (Å²) in [5, 5.41) is 5.66. The van der Waals surface area contributed by atoms with E-state index in [0.29, 0.717) is 38.0 Å². The largest absolute Gasteiger partial charge is 0.446 e. The van der Waals surface area contributed by atoms with E-state index in [1.54, 1.807) is 0 Å². The van der Waals surface area contributed by atoms with Gasteiger partial charge in [-0.25, -0.2) is 14.4 Å². The Hall–Kier alpha value is -2.45. The average molecular weight is 786 g/mol. The van der Waals surface area contributed by atoms with E-state index >= 15 is 0 Å². The maximum Gasteiger partial charge on any atom is 0.410 e. The molecule has 0 saturated heterocycles. The minimum Gasteiger partial charge on any atom is -0.446 e. The Labute approximate surface area is 341 Å². The molecule has 9 heteroatoms. The molecule has 3 amide bonds. The molecule has 0 aliphatic heterocycles. The van der Waals surface area contributed by atoms with Gasteiger partial charge in [0.05, 0.1) is 0 Å². The molecule has 4 aliphatic carbocycles. The van der Waals surface area contributed by atoms with Crippen LogP contribution in [0.5, 0.6) is 0 Å². The van der Waals surface area contributed by atoms with Crippen LogP contribution in [-0.2, 0) is 14.2 Å². The highest BCUT2D eigenvalue weighted by molar-refractivity contribution is 5.68. The normalized spacial score (nSPS) is 29.3. The Morgan fingerprint density at radius 3 is 2.04 bits per heavy atom. The molecule has 4 aliphatic rings. The van der Waals surface area contributed by atoms with Crippen LogP contribution in [0.4, 0.5) is 14.4 Å². The van der Waals surface area contributed by atoms with Gasteiger partial charge >= 0.3 is 18.3 Å². The number of carbonyl (C=O) groups is 3. The van der Waals surface area contributed by atoms with E-state index in [2.05, 4.69) is 51.3 Å². The van der Waals surface area contributed by atoms with Crippen molar-refractivity contribution in [1.29, 1.82) is 0 Å². The molecule has 0 radical (unpaired) electrons. The van der Waals surface area contributed by atoms with Crippen molar-refractivity contribution in [2.24, 2.45) is 46.3 Å². The van der Waals surface area contributed by atoms with Crippen LogP contribution < -0.4 is 10.6 Å². The second kappa shape index (κ2) is 20.0. The van der Waals surface area contributed by atoms with Crippen molar-refractivity contribution >= 4 is 18.3 Å². The molecular weight excluding hydrogens is 703 g/mol. The predicted octanol–water partition coefficient (Wildman–Crippen LogP) is 11.8. The van der Waals surface area contributed by atoms with Crippen molar-refractivity contribution in [3.05, 3.63) is 11.6 Å². The molecule has 0 heterocycles. The minimum atomic E-state index is -0.560. The number of nitrogens with zero attached hydrogens (tertiary/aromatic N) is 1. The molecule has 3 saturated carbocycles. The number of alkyl carbamates (subject to hydrolysis) is 2. The maximum atomic E-state index is 13.8. The molecule has 56 heavy (non-hydrogen) atoms. The molecule has 2 N–H and O–H groups in total. The van der Waals surface area contributed by atoms with Gasteiger partial charge in [-0.3, -0.25) is 0 Å². The Balaban J connectivity index is 1.30. The van der Waals surface area contributed by atoms with E-state index in [-0.39, 0.29) is 23.7 Å². The van der Waals surface area contributed by atoms with E-state index in [0.717, 1.165) is 80.5 Å². The Morgan fingerprint density at radius 1 is 0.768 bits per heavy atom. The van der Waals surface area contributed by atoms with Gasteiger partial charge in [0.15, 0.2) is 0 Å². The smallest absolute Gasteiger partial charge is 0.410 e.